The van der Waals surface area contributed by atoms with E-state index in [4.69, 9.17) is 0 Å². The zero-order valence-electron chi connectivity index (χ0n) is 14.3. The van der Waals surface area contributed by atoms with Gasteiger partial charge in [0.2, 0.25) is 0 Å². The summed E-state index contributed by atoms with van der Waals surface area (Å²) in [6, 6.07) is 8.67. The molecule has 7 nitrogen and oxygen atoms in total. The van der Waals surface area contributed by atoms with Gasteiger partial charge in [0.05, 0.1) is 28.6 Å². The van der Waals surface area contributed by atoms with Crippen molar-refractivity contribution in [3.05, 3.63) is 79.7 Å². The highest BCUT2D eigenvalue weighted by Crippen LogP contribution is 2.31. The summed E-state index contributed by atoms with van der Waals surface area (Å²) < 4.78 is 39.1. The molecule has 0 saturated heterocycles. The van der Waals surface area contributed by atoms with E-state index in [9.17, 15) is 28.1 Å². The maximum atomic E-state index is 12.8. The molecule has 148 valence electrons. The van der Waals surface area contributed by atoms with Crippen molar-refractivity contribution in [3.8, 4) is 11.3 Å². The third-order valence-corrected chi connectivity index (χ3v) is 4.45. The second-order valence-corrected chi connectivity index (χ2v) is 6.98. The van der Waals surface area contributed by atoms with Gasteiger partial charge in [0.15, 0.2) is 5.82 Å². The van der Waals surface area contributed by atoms with Gasteiger partial charge in [-0.25, -0.2) is 4.98 Å². The predicted molar refractivity (Wildman–Crippen MR) is 106 cm³/mol. The number of nitrogens with one attached hydrogen (secondary N) is 1. The Balaban J connectivity index is 1.83. The highest BCUT2D eigenvalue weighted by molar-refractivity contribution is 14.1. The van der Waals surface area contributed by atoms with E-state index < -0.39 is 22.6 Å². The number of anilines is 1. The van der Waals surface area contributed by atoms with Crippen LogP contribution in [0.4, 0.5) is 24.7 Å². The number of alkyl halides is 3. The van der Waals surface area contributed by atoms with Crippen molar-refractivity contribution in [2.45, 2.75) is 6.18 Å². The number of nitrogens with zero attached hydrogens (tertiary/aromatic N) is 3. The molecule has 0 radical (unpaired) electrons. The number of nitro groups is 1. The van der Waals surface area contributed by atoms with E-state index in [1.165, 1.54) is 36.5 Å². The van der Waals surface area contributed by atoms with Gasteiger partial charge in [0, 0.05) is 15.2 Å². The van der Waals surface area contributed by atoms with Crippen LogP contribution >= 0.6 is 22.6 Å². The van der Waals surface area contributed by atoms with E-state index in [2.05, 4.69) is 15.3 Å². The van der Waals surface area contributed by atoms with Crippen molar-refractivity contribution in [2.75, 3.05) is 5.32 Å². The summed E-state index contributed by atoms with van der Waals surface area (Å²) in [5, 5.41) is 13.5. The maximum absolute atomic E-state index is 12.8. The van der Waals surface area contributed by atoms with Gasteiger partial charge < -0.3 is 5.32 Å². The molecular weight excluding hydrogens is 504 g/mol. The summed E-state index contributed by atoms with van der Waals surface area (Å²) in [5.41, 5.74) is -0.949. The number of nitro benzene ring substituents is 1. The van der Waals surface area contributed by atoms with Crippen LogP contribution in [0.2, 0.25) is 0 Å². The molecule has 0 aliphatic heterocycles. The van der Waals surface area contributed by atoms with Gasteiger partial charge in [-0.05, 0) is 46.9 Å². The molecule has 1 N–H and O–H groups in total. The van der Waals surface area contributed by atoms with Crippen LogP contribution in [0.25, 0.3) is 11.3 Å². The average Bonchev–Trinajstić information content (AvgIpc) is 2.67. The molecule has 1 aromatic heterocycles. The molecule has 11 heteroatoms. The Morgan fingerprint density at radius 1 is 1.10 bits per heavy atom. The van der Waals surface area contributed by atoms with Crippen LogP contribution in [-0.2, 0) is 6.18 Å². The normalized spacial score (nSPS) is 11.2. The molecule has 1 amide bonds. The highest BCUT2D eigenvalue weighted by atomic mass is 127. The fourth-order valence-electron chi connectivity index (χ4n) is 2.43. The molecule has 0 saturated carbocycles. The lowest BCUT2D eigenvalue weighted by molar-refractivity contribution is -0.385. The first-order valence-corrected chi connectivity index (χ1v) is 8.98. The Kier molecular flexibility index (Phi) is 5.77. The summed E-state index contributed by atoms with van der Waals surface area (Å²) in [6.45, 7) is 0. The average molecular weight is 514 g/mol. The van der Waals surface area contributed by atoms with Crippen LogP contribution in [0.5, 0.6) is 0 Å². The number of benzene rings is 2. The third-order valence-electron chi connectivity index (χ3n) is 3.78. The minimum Gasteiger partial charge on any atom is -0.305 e. The Hall–Kier alpha value is -3.09. The van der Waals surface area contributed by atoms with Crippen LogP contribution in [-0.4, -0.2) is 20.8 Å². The fourth-order valence-corrected chi connectivity index (χ4v) is 2.92. The molecule has 1 heterocycles. The molecule has 0 unspecified atom stereocenters. The second kappa shape index (κ2) is 8.11. The van der Waals surface area contributed by atoms with E-state index in [1.807, 2.05) is 22.6 Å². The highest BCUT2D eigenvalue weighted by Gasteiger charge is 2.30. The third kappa shape index (κ3) is 4.85. The van der Waals surface area contributed by atoms with Crippen LogP contribution in [0.15, 0.2) is 54.9 Å². The summed E-state index contributed by atoms with van der Waals surface area (Å²) in [7, 11) is 0. The summed E-state index contributed by atoms with van der Waals surface area (Å²) >= 11 is 1.92. The minimum absolute atomic E-state index is 0.00103. The number of halogens is 4. The molecule has 0 spiro atoms. The van der Waals surface area contributed by atoms with E-state index in [-0.39, 0.29) is 28.3 Å². The molecule has 29 heavy (non-hydrogen) atoms. The molecule has 3 aromatic rings. The second-order valence-electron chi connectivity index (χ2n) is 5.74. The maximum Gasteiger partial charge on any atom is 0.416 e. The van der Waals surface area contributed by atoms with Gasteiger partial charge in [-0.15, -0.1) is 0 Å². The number of hydrogen-bond donors (Lipinski definition) is 1. The number of rotatable bonds is 4. The fraction of sp³-hybridized carbons (Fsp3) is 0.0556. The SMILES string of the molecule is O=C(Nc1cnc(-c2cccc(C(F)(F)F)c2)cn1)c1cc(I)ccc1[N+](=O)[O-]. The standard InChI is InChI=1S/C18H10F3IN4O3/c19-18(20,21)11-3-1-2-10(6-11)14-8-24-16(9-23-14)25-17(27)13-7-12(22)4-5-15(13)26(28)29/h1-9H,(H,24,25,27). The zero-order valence-corrected chi connectivity index (χ0v) is 16.4. The molecule has 0 bridgehead atoms. The lowest BCUT2D eigenvalue weighted by Gasteiger charge is -2.09. The molecule has 0 atom stereocenters. The first-order valence-electron chi connectivity index (χ1n) is 7.90. The molecule has 3 rings (SSSR count). The zero-order chi connectivity index (χ0) is 21.2. The number of amides is 1. The predicted octanol–water partition coefficient (Wildman–Crippen LogP) is 4.93. The largest absolute Gasteiger partial charge is 0.416 e. The van der Waals surface area contributed by atoms with Gasteiger partial charge >= 0.3 is 6.18 Å². The van der Waals surface area contributed by atoms with Crippen molar-refractivity contribution in [1.29, 1.82) is 0 Å². The van der Waals surface area contributed by atoms with Crippen molar-refractivity contribution >= 4 is 40.0 Å². The van der Waals surface area contributed by atoms with Crippen molar-refractivity contribution < 1.29 is 22.9 Å². The van der Waals surface area contributed by atoms with Crippen LogP contribution in [0.1, 0.15) is 15.9 Å². The quantitative estimate of drug-likeness (QED) is 0.303. The monoisotopic (exact) mass is 514 g/mol. The molecule has 0 aliphatic carbocycles. The minimum atomic E-state index is -4.49. The molecular formula is C18H10F3IN4O3. The Morgan fingerprint density at radius 2 is 1.86 bits per heavy atom. The van der Waals surface area contributed by atoms with Gasteiger partial charge in [0.25, 0.3) is 11.6 Å². The van der Waals surface area contributed by atoms with E-state index in [1.54, 1.807) is 0 Å². The van der Waals surface area contributed by atoms with Crippen molar-refractivity contribution in [3.63, 3.8) is 0 Å². The Morgan fingerprint density at radius 3 is 2.48 bits per heavy atom. The molecule has 2 aromatic carbocycles. The van der Waals surface area contributed by atoms with Crippen LogP contribution < -0.4 is 5.32 Å². The van der Waals surface area contributed by atoms with E-state index >= 15 is 0 Å². The van der Waals surface area contributed by atoms with E-state index in [0.717, 1.165) is 18.3 Å². The first kappa shape index (κ1) is 20.6. The Labute approximate surface area is 175 Å². The van der Waals surface area contributed by atoms with Crippen molar-refractivity contribution in [2.24, 2.45) is 0 Å². The van der Waals surface area contributed by atoms with E-state index in [0.29, 0.717) is 3.57 Å². The van der Waals surface area contributed by atoms with Crippen molar-refractivity contribution in [1.82, 2.24) is 9.97 Å². The number of aromatic nitrogens is 2. The lowest BCUT2D eigenvalue weighted by Crippen LogP contribution is -2.15. The summed E-state index contributed by atoms with van der Waals surface area (Å²) in [5.74, 6) is -0.754. The number of carbonyl (C=O) groups is 1. The van der Waals surface area contributed by atoms with Gasteiger partial charge in [-0.3, -0.25) is 19.9 Å². The number of carbonyl (C=O) groups excluding carboxylic acids is 1. The lowest BCUT2D eigenvalue weighted by atomic mass is 10.1. The molecule has 0 aliphatic rings. The summed E-state index contributed by atoms with van der Waals surface area (Å²) in [6.07, 6.45) is -2.12. The topological polar surface area (TPSA) is 98.0 Å². The van der Waals surface area contributed by atoms with Crippen LogP contribution in [0.3, 0.4) is 0 Å². The summed E-state index contributed by atoms with van der Waals surface area (Å²) in [4.78, 5) is 30.8. The van der Waals surface area contributed by atoms with Crippen LogP contribution in [0, 0.1) is 13.7 Å². The Bertz CT molecular complexity index is 1090. The van der Waals surface area contributed by atoms with Gasteiger partial charge in [0.1, 0.15) is 5.56 Å². The van der Waals surface area contributed by atoms with Gasteiger partial charge in [-0.2, -0.15) is 13.2 Å². The number of hydrogen-bond acceptors (Lipinski definition) is 5. The molecule has 0 fully saturated rings. The first-order chi connectivity index (χ1) is 13.6. The van der Waals surface area contributed by atoms with Gasteiger partial charge in [-0.1, -0.05) is 12.1 Å². The smallest absolute Gasteiger partial charge is 0.305 e.